The van der Waals surface area contributed by atoms with Crippen LogP contribution in [0.15, 0.2) is 0 Å². The lowest BCUT2D eigenvalue weighted by molar-refractivity contribution is -0.112. The number of fused-ring (bicyclic) bond motifs is 2. The van der Waals surface area contributed by atoms with Crippen molar-refractivity contribution in [3.8, 4) is 0 Å². The fraction of sp³-hybridized carbons (Fsp3) is 1.00. The molecule has 0 saturated heterocycles. The molecule has 0 amide bonds. The van der Waals surface area contributed by atoms with Crippen LogP contribution >= 0.6 is 0 Å². The summed E-state index contributed by atoms with van der Waals surface area (Å²) in [6, 6.07) is 0. The third-order valence-electron chi connectivity index (χ3n) is 3.77. The Morgan fingerprint density at radius 2 is 2.00 bits per heavy atom. The summed E-state index contributed by atoms with van der Waals surface area (Å²) in [5.41, 5.74) is 0.331. The first-order valence-electron chi connectivity index (χ1n) is 4.26. The maximum atomic E-state index is 13.1. The molecule has 3 aliphatic rings. The Morgan fingerprint density at radius 3 is 2.30 bits per heavy atom. The first-order valence-corrected chi connectivity index (χ1v) is 4.26. The second-order valence-corrected chi connectivity index (χ2v) is 4.45. The summed E-state index contributed by atoms with van der Waals surface area (Å²) < 4.78 is 13.1. The number of hydrogen-bond acceptors (Lipinski definition) is 0. The van der Waals surface area contributed by atoms with Gasteiger partial charge in [-0.15, -0.1) is 0 Å². The normalized spacial score (nSPS) is 50.1. The van der Waals surface area contributed by atoms with E-state index in [-0.39, 0.29) is 0 Å². The van der Waals surface area contributed by atoms with Gasteiger partial charge in [0, 0.05) is 0 Å². The van der Waals surface area contributed by atoms with Crippen LogP contribution in [0.25, 0.3) is 0 Å². The highest BCUT2D eigenvalue weighted by atomic mass is 19.1. The van der Waals surface area contributed by atoms with Crippen LogP contribution in [0, 0.1) is 17.3 Å². The van der Waals surface area contributed by atoms with Crippen molar-refractivity contribution in [2.24, 2.45) is 17.3 Å². The molecular weight excluding hydrogens is 127 g/mol. The second kappa shape index (κ2) is 1.75. The Hall–Kier alpha value is -0.0700. The average molecular weight is 142 g/mol. The molecule has 3 unspecified atom stereocenters. The van der Waals surface area contributed by atoms with Gasteiger partial charge in [-0.25, -0.2) is 4.39 Å². The Bertz CT molecular complexity index is 149. The number of halogens is 1. The van der Waals surface area contributed by atoms with Crippen molar-refractivity contribution >= 4 is 0 Å². The van der Waals surface area contributed by atoms with Gasteiger partial charge in [0.05, 0.1) is 0 Å². The minimum atomic E-state index is -0.486. The predicted molar refractivity (Wildman–Crippen MR) is 39.5 cm³/mol. The van der Waals surface area contributed by atoms with E-state index in [0.717, 1.165) is 25.2 Å². The first kappa shape index (κ1) is 6.63. The van der Waals surface area contributed by atoms with Gasteiger partial charge in [0.15, 0.2) is 0 Å². The third kappa shape index (κ3) is 0.613. The molecule has 3 fully saturated rings. The van der Waals surface area contributed by atoms with Crippen LogP contribution < -0.4 is 0 Å². The number of alkyl halides is 1. The SMILES string of the molecule is CC1(C)C2CCC(F)C1C2. The van der Waals surface area contributed by atoms with Crippen LogP contribution in [-0.2, 0) is 0 Å². The van der Waals surface area contributed by atoms with Gasteiger partial charge in [0.25, 0.3) is 0 Å². The molecule has 0 heterocycles. The highest BCUT2D eigenvalue weighted by molar-refractivity contribution is 5.03. The Kier molecular flexibility index (Phi) is 1.16. The van der Waals surface area contributed by atoms with Crippen molar-refractivity contribution in [3.05, 3.63) is 0 Å². The first-order chi connectivity index (χ1) is 4.62. The van der Waals surface area contributed by atoms with Crippen molar-refractivity contribution in [2.75, 3.05) is 0 Å². The largest absolute Gasteiger partial charge is 0.247 e. The summed E-state index contributed by atoms with van der Waals surface area (Å²) in [6.45, 7) is 4.44. The molecule has 0 aromatic carbocycles. The fourth-order valence-electron chi connectivity index (χ4n) is 2.72. The molecule has 0 aromatic heterocycles. The van der Waals surface area contributed by atoms with Crippen LogP contribution in [0.4, 0.5) is 4.39 Å². The number of hydrogen-bond donors (Lipinski definition) is 0. The lowest BCUT2D eigenvalue weighted by Crippen LogP contribution is -2.53. The van der Waals surface area contributed by atoms with E-state index in [4.69, 9.17) is 0 Å². The summed E-state index contributed by atoms with van der Waals surface area (Å²) in [6.07, 6.45) is 2.64. The predicted octanol–water partition coefficient (Wildman–Crippen LogP) is 2.78. The van der Waals surface area contributed by atoms with Crippen LogP contribution in [0.2, 0.25) is 0 Å². The van der Waals surface area contributed by atoms with E-state index in [1.807, 2.05) is 0 Å². The molecule has 1 heteroatoms. The van der Waals surface area contributed by atoms with E-state index in [9.17, 15) is 4.39 Å². The van der Waals surface area contributed by atoms with Crippen molar-refractivity contribution in [1.29, 1.82) is 0 Å². The molecule has 3 saturated carbocycles. The molecule has 0 spiro atoms. The molecule has 0 aliphatic heterocycles. The van der Waals surface area contributed by atoms with Gasteiger partial charge in [-0.1, -0.05) is 13.8 Å². The van der Waals surface area contributed by atoms with Gasteiger partial charge in [-0.2, -0.15) is 0 Å². The fourth-order valence-corrected chi connectivity index (χ4v) is 2.72. The van der Waals surface area contributed by atoms with Crippen LogP contribution in [-0.4, -0.2) is 6.17 Å². The molecule has 3 rings (SSSR count). The van der Waals surface area contributed by atoms with Crippen LogP contribution in [0.3, 0.4) is 0 Å². The van der Waals surface area contributed by atoms with Gasteiger partial charge >= 0.3 is 0 Å². The Morgan fingerprint density at radius 1 is 1.30 bits per heavy atom. The lowest BCUT2D eigenvalue weighted by Gasteiger charge is -2.57. The van der Waals surface area contributed by atoms with E-state index >= 15 is 0 Å². The molecule has 3 atom stereocenters. The Labute approximate surface area is 61.8 Å². The maximum absolute atomic E-state index is 13.1. The summed E-state index contributed by atoms with van der Waals surface area (Å²) in [7, 11) is 0. The minimum absolute atomic E-state index is 0.331. The summed E-state index contributed by atoms with van der Waals surface area (Å²) in [5.74, 6) is 1.23. The quantitative estimate of drug-likeness (QED) is 0.488. The van der Waals surface area contributed by atoms with E-state index in [2.05, 4.69) is 13.8 Å². The Balaban J connectivity index is 2.16. The van der Waals surface area contributed by atoms with E-state index in [1.54, 1.807) is 0 Å². The highest BCUT2D eigenvalue weighted by Crippen LogP contribution is 2.59. The summed E-state index contributed by atoms with van der Waals surface area (Å²) >= 11 is 0. The van der Waals surface area contributed by atoms with Gasteiger partial charge in [0.2, 0.25) is 0 Å². The van der Waals surface area contributed by atoms with Crippen molar-refractivity contribution in [1.82, 2.24) is 0 Å². The van der Waals surface area contributed by atoms with Crippen molar-refractivity contribution in [2.45, 2.75) is 39.3 Å². The molecule has 0 N–H and O–H groups in total. The highest BCUT2D eigenvalue weighted by Gasteiger charge is 2.54. The van der Waals surface area contributed by atoms with Gasteiger partial charge < -0.3 is 0 Å². The van der Waals surface area contributed by atoms with Gasteiger partial charge in [0.1, 0.15) is 6.17 Å². The topological polar surface area (TPSA) is 0 Å². The zero-order valence-corrected chi connectivity index (χ0v) is 6.73. The minimum Gasteiger partial charge on any atom is -0.247 e. The summed E-state index contributed by atoms with van der Waals surface area (Å²) in [4.78, 5) is 0. The molecule has 10 heavy (non-hydrogen) atoms. The summed E-state index contributed by atoms with van der Waals surface area (Å²) in [5, 5.41) is 0. The van der Waals surface area contributed by atoms with E-state index in [1.165, 1.54) is 0 Å². The zero-order valence-electron chi connectivity index (χ0n) is 6.73. The molecule has 0 aromatic rings. The molecule has 58 valence electrons. The molecular formula is C9H15F. The standard InChI is InChI=1S/C9H15F/c1-9(2)6-3-4-8(10)7(9)5-6/h6-8H,3-5H2,1-2H3. The second-order valence-electron chi connectivity index (χ2n) is 4.45. The smallest absolute Gasteiger partial charge is 0.103 e. The molecule has 0 radical (unpaired) electrons. The van der Waals surface area contributed by atoms with Gasteiger partial charge in [-0.05, 0) is 36.5 Å². The molecule has 2 bridgehead atoms. The third-order valence-corrected chi connectivity index (χ3v) is 3.77. The van der Waals surface area contributed by atoms with E-state index < -0.39 is 6.17 Å². The maximum Gasteiger partial charge on any atom is 0.103 e. The molecule has 0 nitrogen and oxygen atoms in total. The van der Waals surface area contributed by atoms with Crippen molar-refractivity contribution < 1.29 is 4.39 Å². The zero-order chi connectivity index (χ0) is 7.35. The monoisotopic (exact) mass is 142 g/mol. The molecule has 3 aliphatic carbocycles. The lowest BCUT2D eigenvalue weighted by atomic mass is 9.48. The van der Waals surface area contributed by atoms with Crippen LogP contribution in [0.1, 0.15) is 33.1 Å². The van der Waals surface area contributed by atoms with Gasteiger partial charge in [-0.3, -0.25) is 0 Å². The van der Waals surface area contributed by atoms with E-state index in [0.29, 0.717) is 11.3 Å². The number of rotatable bonds is 0. The average Bonchev–Trinajstić information content (AvgIpc) is 1.87. The van der Waals surface area contributed by atoms with Crippen molar-refractivity contribution in [3.63, 3.8) is 0 Å². The van der Waals surface area contributed by atoms with Crippen LogP contribution in [0.5, 0.6) is 0 Å².